The van der Waals surface area contributed by atoms with Gasteiger partial charge in [-0.15, -0.1) is 0 Å². The fourth-order valence-electron chi connectivity index (χ4n) is 2.38. The van der Waals surface area contributed by atoms with Crippen molar-refractivity contribution in [2.45, 2.75) is 6.92 Å². The molecular weight excluding hydrogens is 324 g/mol. The van der Waals surface area contributed by atoms with Crippen molar-refractivity contribution in [2.75, 3.05) is 44.4 Å². The molecule has 1 amide bonds. The molecule has 9 heteroatoms. The van der Waals surface area contributed by atoms with Gasteiger partial charge in [0.2, 0.25) is 5.88 Å². The smallest absolute Gasteiger partial charge is 0.271 e. The maximum absolute atomic E-state index is 11.9. The molecule has 0 aliphatic carbocycles. The second kappa shape index (κ2) is 8.34. The Morgan fingerprint density at radius 2 is 2.16 bits per heavy atom. The van der Waals surface area contributed by atoms with Crippen LogP contribution >= 0.6 is 0 Å². The molecule has 0 aromatic carbocycles. The molecule has 1 N–H and O–H groups in total. The van der Waals surface area contributed by atoms with Gasteiger partial charge < -0.3 is 19.7 Å². The summed E-state index contributed by atoms with van der Waals surface area (Å²) in [5, 5.41) is 2.73. The largest absolute Gasteiger partial charge is 0.476 e. The van der Waals surface area contributed by atoms with Crippen molar-refractivity contribution in [2.24, 2.45) is 0 Å². The van der Waals surface area contributed by atoms with E-state index in [1.165, 1.54) is 18.6 Å². The summed E-state index contributed by atoms with van der Waals surface area (Å²) in [6.45, 7) is 5.43. The molecule has 9 nitrogen and oxygen atoms in total. The molecular formula is C16H20N6O3. The summed E-state index contributed by atoms with van der Waals surface area (Å²) in [5.41, 5.74) is 0.273. The van der Waals surface area contributed by atoms with Gasteiger partial charge in [0.15, 0.2) is 0 Å². The van der Waals surface area contributed by atoms with Gasteiger partial charge in [-0.3, -0.25) is 9.78 Å². The average molecular weight is 344 g/mol. The van der Waals surface area contributed by atoms with Crippen LogP contribution in [0.15, 0.2) is 24.7 Å². The fourth-order valence-corrected chi connectivity index (χ4v) is 2.38. The summed E-state index contributed by atoms with van der Waals surface area (Å²) in [5.74, 6) is 1.67. The lowest BCUT2D eigenvalue weighted by Crippen LogP contribution is -2.37. The summed E-state index contributed by atoms with van der Waals surface area (Å²) in [7, 11) is 0. The van der Waals surface area contributed by atoms with Gasteiger partial charge in [-0.1, -0.05) is 0 Å². The molecule has 0 spiro atoms. The first-order valence-corrected chi connectivity index (χ1v) is 8.08. The number of rotatable bonds is 6. The number of aromatic nitrogens is 4. The van der Waals surface area contributed by atoms with E-state index in [9.17, 15) is 4.79 Å². The van der Waals surface area contributed by atoms with Gasteiger partial charge in [0.25, 0.3) is 5.91 Å². The van der Waals surface area contributed by atoms with E-state index >= 15 is 0 Å². The molecule has 3 heterocycles. The molecule has 25 heavy (non-hydrogen) atoms. The van der Waals surface area contributed by atoms with Crippen LogP contribution in [0.5, 0.6) is 5.88 Å². The highest BCUT2D eigenvalue weighted by molar-refractivity contribution is 5.91. The van der Waals surface area contributed by atoms with Crippen LogP contribution in [0.4, 0.5) is 5.82 Å². The van der Waals surface area contributed by atoms with Gasteiger partial charge >= 0.3 is 0 Å². The predicted octanol–water partition coefficient (Wildman–Crippen LogP) is 0.220. The Bertz CT molecular complexity index is 706. The third-order valence-corrected chi connectivity index (χ3v) is 3.57. The zero-order valence-electron chi connectivity index (χ0n) is 14.0. The van der Waals surface area contributed by atoms with E-state index in [-0.39, 0.29) is 11.6 Å². The number of nitrogens with one attached hydrogen (secondary N) is 1. The second-order valence-electron chi connectivity index (χ2n) is 5.41. The van der Waals surface area contributed by atoms with E-state index < -0.39 is 0 Å². The number of aryl methyl sites for hydroxylation is 1. The molecule has 0 bridgehead atoms. The molecule has 0 atom stereocenters. The third kappa shape index (κ3) is 4.83. The van der Waals surface area contributed by atoms with Crippen molar-refractivity contribution < 1.29 is 14.3 Å². The Labute approximate surface area is 145 Å². The highest BCUT2D eigenvalue weighted by atomic mass is 16.5. The fraction of sp³-hybridized carbons (Fsp3) is 0.438. The molecule has 0 saturated carbocycles. The minimum atomic E-state index is -0.287. The number of amides is 1. The Balaban J connectivity index is 1.51. The highest BCUT2D eigenvalue weighted by Gasteiger charge is 2.14. The zero-order valence-corrected chi connectivity index (χ0v) is 14.0. The summed E-state index contributed by atoms with van der Waals surface area (Å²) < 4.78 is 11.0. The number of hydrogen-bond donors (Lipinski definition) is 1. The molecule has 2 aromatic heterocycles. The number of ether oxygens (including phenoxy) is 2. The molecule has 132 valence electrons. The van der Waals surface area contributed by atoms with Gasteiger partial charge in [0.05, 0.1) is 26.0 Å². The SMILES string of the molecule is Cc1nc(OCCNC(=O)c2cnccn2)cc(N2CCOCC2)n1. The van der Waals surface area contributed by atoms with Crippen LogP contribution in [0, 0.1) is 6.92 Å². The standard InChI is InChI=1S/C16H20N6O3/c1-12-20-14(22-5-8-24-9-6-22)10-15(21-12)25-7-4-19-16(23)13-11-17-2-3-18-13/h2-3,10-11H,4-9H2,1H3,(H,19,23). The minimum Gasteiger partial charge on any atom is -0.476 e. The lowest BCUT2D eigenvalue weighted by molar-refractivity contribution is 0.0941. The van der Waals surface area contributed by atoms with E-state index in [1.807, 2.05) is 13.0 Å². The van der Waals surface area contributed by atoms with Gasteiger partial charge in [-0.25, -0.2) is 9.97 Å². The van der Waals surface area contributed by atoms with Crippen molar-refractivity contribution in [3.63, 3.8) is 0 Å². The van der Waals surface area contributed by atoms with Gasteiger partial charge in [-0.05, 0) is 6.92 Å². The normalized spacial score (nSPS) is 14.2. The van der Waals surface area contributed by atoms with E-state index in [0.717, 1.165) is 18.9 Å². The van der Waals surface area contributed by atoms with Crippen LogP contribution in [0.2, 0.25) is 0 Å². The van der Waals surface area contributed by atoms with E-state index in [4.69, 9.17) is 9.47 Å². The molecule has 1 fully saturated rings. The Kier molecular flexibility index (Phi) is 5.68. The lowest BCUT2D eigenvalue weighted by Gasteiger charge is -2.28. The molecule has 1 saturated heterocycles. The lowest BCUT2D eigenvalue weighted by atomic mass is 10.4. The monoisotopic (exact) mass is 344 g/mol. The number of anilines is 1. The molecule has 2 aromatic rings. The maximum Gasteiger partial charge on any atom is 0.271 e. The molecule has 1 aliphatic heterocycles. The van der Waals surface area contributed by atoms with Crippen LogP contribution in [0.25, 0.3) is 0 Å². The zero-order chi connectivity index (χ0) is 17.5. The topological polar surface area (TPSA) is 102 Å². The van der Waals surface area contributed by atoms with Gasteiger partial charge in [0.1, 0.15) is 23.9 Å². The van der Waals surface area contributed by atoms with Crippen molar-refractivity contribution in [3.8, 4) is 5.88 Å². The average Bonchev–Trinajstić information content (AvgIpc) is 2.66. The van der Waals surface area contributed by atoms with Crippen molar-refractivity contribution in [1.29, 1.82) is 0 Å². The number of hydrogen-bond acceptors (Lipinski definition) is 8. The Morgan fingerprint density at radius 1 is 1.32 bits per heavy atom. The van der Waals surface area contributed by atoms with Gasteiger partial charge in [-0.2, -0.15) is 4.98 Å². The maximum atomic E-state index is 11.9. The quantitative estimate of drug-likeness (QED) is 0.743. The Hall–Kier alpha value is -2.81. The molecule has 0 unspecified atom stereocenters. The summed E-state index contributed by atoms with van der Waals surface area (Å²) >= 11 is 0. The summed E-state index contributed by atoms with van der Waals surface area (Å²) in [4.78, 5) is 30.5. The number of carbonyl (C=O) groups is 1. The predicted molar refractivity (Wildman–Crippen MR) is 89.7 cm³/mol. The van der Waals surface area contributed by atoms with E-state index in [1.54, 1.807) is 0 Å². The van der Waals surface area contributed by atoms with Crippen LogP contribution in [0.3, 0.4) is 0 Å². The second-order valence-corrected chi connectivity index (χ2v) is 5.41. The van der Waals surface area contributed by atoms with Gasteiger partial charge in [0, 0.05) is 31.5 Å². The number of nitrogens with zero attached hydrogens (tertiary/aromatic N) is 5. The van der Waals surface area contributed by atoms with Crippen molar-refractivity contribution in [1.82, 2.24) is 25.3 Å². The number of morpholine rings is 1. The first-order chi connectivity index (χ1) is 12.2. The summed E-state index contributed by atoms with van der Waals surface area (Å²) in [6.07, 6.45) is 4.41. The highest BCUT2D eigenvalue weighted by Crippen LogP contribution is 2.18. The Morgan fingerprint density at radius 3 is 2.92 bits per heavy atom. The summed E-state index contributed by atoms with van der Waals surface area (Å²) in [6, 6.07) is 1.81. The molecule has 1 aliphatic rings. The van der Waals surface area contributed by atoms with Crippen molar-refractivity contribution >= 4 is 11.7 Å². The third-order valence-electron chi connectivity index (χ3n) is 3.57. The van der Waals surface area contributed by atoms with Crippen LogP contribution in [-0.4, -0.2) is 65.3 Å². The van der Waals surface area contributed by atoms with E-state index in [0.29, 0.717) is 38.1 Å². The van der Waals surface area contributed by atoms with Crippen LogP contribution < -0.4 is 15.0 Å². The first-order valence-electron chi connectivity index (χ1n) is 8.08. The minimum absolute atomic E-state index is 0.273. The first kappa shape index (κ1) is 17.0. The molecule has 3 rings (SSSR count). The molecule has 0 radical (unpaired) electrons. The van der Waals surface area contributed by atoms with Crippen molar-refractivity contribution in [3.05, 3.63) is 36.2 Å². The van der Waals surface area contributed by atoms with Crippen LogP contribution in [-0.2, 0) is 4.74 Å². The van der Waals surface area contributed by atoms with Crippen LogP contribution in [0.1, 0.15) is 16.3 Å². The van der Waals surface area contributed by atoms with E-state index in [2.05, 4.69) is 30.2 Å². The number of carbonyl (C=O) groups excluding carboxylic acids is 1.